The van der Waals surface area contributed by atoms with Crippen molar-refractivity contribution in [2.75, 3.05) is 25.0 Å². The number of carbonyl (C=O) groups excluding carboxylic acids is 2. The predicted molar refractivity (Wildman–Crippen MR) is 109 cm³/mol. The van der Waals surface area contributed by atoms with Crippen LogP contribution in [0.3, 0.4) is 0 Å². The van der Waals surface area contributed by atoms with Gasteiger partial charge in [-0.15, -0.1) is 0 Å². The summed E-state index contributed by atoms with van der Waals surface area (Å²) < 4.78 is 5.51. The van der Waals surface area contributed by atoms with Crippen LogP contribution in [0, 0.1) is 0 Å². The second kappa shape index (κ2) is 10.0. The van der Waals surface area contributed by atoms with Crippen molar-refractivity contribution in [2.24, 2.45) is 0 Å². The molecule has 1 aliphatic rings. The summed E-state index contributed by atoms with van der Waals surface area (Å²) in [6, 6.07) is 17.0. The number of hydrogen-bond donors (Lipinski definition) is 3. The number of ether oxygens (including phenoxy) is 1. The van der Waals surface area contributed by atoms with E-state index < -0.39 is 0 Å². The molecule has 1 heterocycles. The Bertz CT molecular complexity index is 789. The highest BCUT2D eigenvalue weighted by Crippen LogP contribution is 2.14. The van der Waals surface area contributed by atoms with E-state index in [4.69, 9.17) is 4.74 Å². The number of hydrogen-bond acceptors (Lipinski definition) is 4. The minimum atomic E-state index is -0.164. The molecule has 0 radical (unpaired) electrons. The van der Waals surface area contributed by atoms with E-state index in [9.17, 15) is 9.59 Å². The fourth-order valence-electron chi connectivity index (χ4n) is 3.16. The summed E-state index contributed by atoms with van der Waals surface area (Å²) in [6.45, 7) is 3.48. The summed E-state index contributed by atoms with van der Waals surface area (Å²) in [5, 5.41) is 8.93. The average molecular weight is 381 g/mol. The van der Waals surface area contributed by atoms with E-state index in [1.807, 2.05) is 37.3 Å². The quantitative estimate of drug-likeness (QED) is 0.657. The first-order valence-electron chi connectivity index (χ1n) is 9.70. The standard InChI is InChI=1S/C22H27N3O3/c1-16(17-7-3-2-4-8-17)23-15-21(26)25-19-10-5-9-18(13-19)22(27)24-14-20-11-6-12-28-20/h2-5,7-10,13,16,20,23H,6,11-12,14-15H2,1H3,(H,24,27)(H,25,26). The van der Waals surface area contributed by atoms with E-state index in [-0.39, 0.29) is 30.5 Å². The van der Waals surface area contributed by atoms with Gasteiger partial charge < -0.3 is 20.7 Å². The molecule has 0 aliphatic carbocycles. The summed E-state index contributed by atoms with van der Waals surface area (Å²) in [5.74, 6) is -0.317. The van der Waals surface area contributed by atoms with Gasteiger partial charge in [0.1, 0.15) is 0 Å². The Morgan fingerprint density at radius 3 is 2.71 bits per heavy atom. The van der Waals surface area contributed by atoms with Gasteiger partial charge in [-0.3, -0.25) is 9.59 Å². The molecular weight excluding hydrogens is 354 g/mol. The highest BCUT2D eigenvalue weighted by Gasteiger charge is 2.17. The average Bonchev–Trinajstić information content (AvgIpc) is 3.25. The van der Waals surface area contributed by atoms with Crippen molar-refractivity contribution < 1.29 is 14.3 Å². The SMILES string of the molecule is CC(NCC(=O)Nc1cccc(C(=O)NCC2CCCO2)c1)c1ccccc1. The summed E-state index contributed by atoms with van der Waals surface area (Å²) >= 11 is 0. The van der Waals surface area contributed by atoms with Crippen molar-refractivity contribution in [3.8, 4) is 0 Å². The van der Waals surface area contributed by atoms with Crippen molar-refractivity contribution in [2.45, 2.75) is 31.9 Å². The van der Waals surface area contributed by atoms with Crippen molar-refractivity contribution >= 4 is 17.5 Å². The maximum Gasteiger partial charge on any atom is 0.251 e. The van der Waals surface area contributed by atoms with Crippen molar-refractivity contribution in [1.82, 2.24) is 10.6 Å². The lowest BCUT2D eigenvalue weighted by Crippen LogP contribution is -2.32. The van der Waals surface area contributed by atoms with Gasteiger partial charge in [-0.25, -0.2) is 0 Å². The van der Waals surface area contributed by atoms with Gasteiger partial charge in [0.15, 0.2) is 0 Å². The molecule has 2 unspecified atom stereocenters. The first-order chi connectivity index (χ1) is 13.6. The van der Waals surface area contributed by atoms with Crippen LogP contribution in [-0.4, -0.2) is 37.6 Å². The number of nitrogens with one attached hydrogen (secondary N) is 3. The van der Waals surface area contributed by atoms with E-state index >= 15 is 0 Å². The number of rotatable bonds is 8. The maximum atomic E-state index is 12.3. The molecule has 6 nitrogen and oxygen atoms in total. The topological polar surface area (TPSA) is 79.5 Å². The first-order valence-corrected chi connectivity index (χ1v) is 9.70. The fourth-order valence-corrected chi connectivity index (χ4v) is 3.16. The van der Waals surface area contributed by atoms with Gasteiger partial charge in [0.2, 0.25) is 5.91 Å². The lowest BCUT2D eigenvalue weighted by Gasteiger charge is -2.14. The highest BCUT2D eigenvalue weighted by atomic mass is 16.5. The third-order valence-electron chi connectivity index (χ3n) is 4.79. The van der Waals surface area contributed by atoms with Crippen molar-refractivity contribution in [3.05, 3.63) is 65.7 Å². The molecule has 148 valence electrons. The Balaban J connectivity index is 1.47. The van der Waals surface area contributed by atoms with Crippen molar-refractivity contribution in [1.29, 1.82) is 0 Å². The largest absolute Gasteiger partial charge is 0.376 e. The lowest BCUT2D eigenvalue weighted by molar-refractivity contribution is -0.115. The van der Waals surface area contributed by atoms with Gasteiger partial charge in [-0.2, -0.15) is 0 Å². The van der Waals surface area contributed by atoms with E-state index in [0.717, 1.165) is 25.0 Å². The van der Waals surface area contributed by atoms with Crippen LogP contribution >= 0.6 is 0 Å². The molecule has 2 aromatic carbocycles. The molecule has 3 N–H and O–H groups in total. The van der Waals surface area contributed by atoms with E-state index in [1.54, 1.807) is 24.3 Å². The Kier molecular flexibility index (Phi) is 7.17. The summed E-state index contributed by atoms with van der Waals surface area (Å²) in [4.78, 5) is 24.6. The molecule has 1 fully saturated rings. The molecule has 1 saturated heterocycles. The zero-order valence-electron chi connectivity index (χ0n) is 16.1. The van der Waals surface area contributed by atoms with Crippen LogP contribution in [0.25, 0.3) is 0 Å². The molecule has 2 atom stereocenters. The molecule has 6 heteroatoms. The second-order valence-electron chi connectivity index (χ2n) is 6.99. The lowest BCUT2D eigenvalue weighted by atomic mass is 10.1. The fraction of sp³-hybridized carbons (Fsp3) is 0.364. The number of benzene rings is 2. The molecule has 0 spiro atoms. The third-order valence-corrected chi connectivity index (χ3v) is 4.79. The number of anilines is 1. The van der Waals surface area contributed by atoms with Gasteiger partial charge in [0.25, 0.3) is 5.91 Å². The van der Waals surface area contributed by atoms with Gasteiger partial charge in [0.05, 0.1) is 12.6 Å². The predicted octanol–water partition coefficient (Wildman–Crippen LogP) is 2.88. The highest BCUT2D eigenvalue weighted by molar-refractivity contribution is 5.97. The van der Waals surface area contributed by atoms with Gasteiger partial charge in [-0.05, 0) is 43.5 Å². The Morgan fingerprint density at radius 2 is 1.96 bits per heavy atom. The molecule has 0 bridgehead atoms. The van der Waals surface area contributed by atoms with Gasteiger partial charge in [-0.1, -0.05) is 36.4 Å². The number of carbonyl (C=O) groups is 2. The van der Waals surface area contributed by atoms with Crippen LogP contribution in [0.2, 0.25) is 0 Å². The summed E-state index contributed by atoms with van der Waals surface area (Å²) in [5.41, 5.74) is 2.24. The summed E-state index contributed by atoms with van der Waals surface area (Å²) in [7, 11) is 0. The van der Waals surface area contributed by atoms with E-state index in [2.05, 4.69) is 16.0 Å². The van der Waals surface area contributed by atoms with Crippen LogP contribution in [-0.2, 0) is 9.53 Å². The van der Waals surface area contributed by atoms with Crippen LogP contribution in [0.15, 0.2) is 54.6 Å². The molecular formula is C22H27N3O3. The number of amides is 2. The van der Waals surface area contributed by atoms with Crippen LogP contribution in [0.5, 0.6) is 0 Å². The van der Waals surface area contributed by atoms with Crippen LogP contribution in [0.4, 0.5) is 5.69 Å². The zero-order chi connectivity index (χ0) is 19.8. The van der Waals surface area contributed by atoms with Gasteiger partial charge >= 0.3 is 0 Å². The van der Waals surface area contributed by atoms with Crippen LogP contribution in [0.1, 0.15) is 41.7 Å². The Morgan fingerprint density at radius 1 is 1.14 bits per heavy atom. The normalized spacial score (nSPS) is 17.1. The summed E-state index contributed by atoms with van der Waals surface area (Å²) in [6.07, 6.45) is 2.12. The maximum absolute atomic E-state index is 12.3. The molecule has 2 aromatic rings. The van der Waals surface area contributed by atoms with Crippen LogP contribution < -0.4 is 16.0 Å². The minimum Gasteiger partial charge on any atom is -0.376 e. The monoisotopic (exact) mass is 381 g/mol. The molecule has 28 heavy (non-hydrogen) atoms. The Labute approximate surface area is 165 Å². The molecule has 2 amide bonds. The molecule has 0 saturated carbocycles. The minimum absolute atomic E-state index is 0.0712. The first kappa shape index (κ1) is 20.0. The van der Waals surface area contributed by atoms with E-state index in [0.29, 0.717) is 17.8 Å². The van der Waals surface area contributed by atoms with E-state index in [1.165, 1.54) is 0 Å². The zero-order valence-corrected chi connectivity index (χ0v) is 16.1. The van der Waals surface area contributed by atoms with Gasteiger partial charge in [0, 0.05) is 30.4 Å². The smallest absolute Gasteiger partial charge is 0.251 e. The Hall–Kier alpha value is -2.70. The second-order valence-corrected chi connectivity index (χ2v) is 6.99. The molecule has 0 aromatic heterocycles. The van der Waals surface area contributed by atoms with Crippen molar-refractivity contribution in [3.63, 3.8) is 0 Å². The molecule has 3 rings (SSSR count). The third kappa shape index (κ3) is 5.90. The molecule has 1 aliphatic heterocycles.